The molecule has 4 aromatic rings. The third kappa shape index (κ3) is 5.84. The lowest BCUT2D eigenvalue weighted by Gasteiger charge is -2.29. The Kier molecular flexibility index (Phi) is 8.23. The number of nitrogens with zero attached hydrogens (tertiary/aromatic N) is 4. The zero-order valence-electron chi connectivity index (χ0n) is 25.1. The van der Waals surface area contributed by atoms with Crippen LogP contribution in [-0.4, -0.2) is 62.8 Å². The minimum Gasteiger partial charge on any atom is -0.495 e. The lowest BCUT2D eigenvalue weighted by molar-refractivity contribution is 0.122. The van der Waals surface area contributed by atoms with E-state index < -0.39 is 10.0 Å². The van der Waals surface area contributed by atoms with Crippen LogP contribution in [0.3, 0.4) is 0 Å². The number of thiocarbonyl (C=S) groups is 1. The maximum Gasteiger partial charge on any atom is 0.229 e. The number of sulfonamides is 1. The second-order valence-electron chi connectivity index (χ2n) is 11.0. The number of pyridine rings is 1. The summed E-state index contributed by atoms with van der Waals surface area (Å²) >= 11 is 5.94. The molecular formula is C32H36N6O4S2. The molecule has 4 heterocycles. The third-order valence-corrected chi connectivity index (χ3v) is 9.03. The molecule has 2 aliphatic heterocycles. The molecule has 0 bridgehead atoms. The molecule has 2 atom stereocenters. The van der Waals surface area contributed by atoms with Gasteiger partial charge in [0, 0.05) is 47.7 Å². The molecule has 12 heteroatoms. The third-order valence-electron chi connectivity index (χ3n) is 8.13. The number of hydrogen-bond donors (Lipinski definition) is 2. The van der Waals surface area contributed by atoms with Gasteiger partial charge in [-0.05, 0) is 92.3 Å². The number of ether oxygens (including phenoxy) is 2. The Hall–Kier alpha value is -4.13. The average Bonchev–Trinajstić information content (AvgIpc) is 3.51. The molecule has 2 N–H and O–H groups in total. The van der Waals surface area contributed by atoms with Crippen LogP contribution in [0.2, 0.25) is 0 Å². The van der Waals surface area contributed by atoms with E-state index in [1.54, 1.807) is 18.3 Å². The van der Waals surface area contributed by atoms with Gasteiger partial charge >= 0.3 is 0 Å². The van der Waals surface area contributed by atoms with Gasteiger partial charge in [0.15, 0.2) is 5.11 Å². The highest BCUT2D eigenvalue weighted by Gasteiger charge is 2.42. The molecule has 0 spiro atoms. The summed E-state index contributed by atoms with van der Waals surface area (Å²) < 4.78 is 40.2. The number of hydrogen-bond acceptors (Lipinski definition) is 7. The van der Waals surface area contributed by atoms with Crippen LogP contribution >= 0.6 is 12.2 Å². The normalized spacial score (nSPS) is 18.8. The van der Waals surface area contributed by atoms with Crippen LogP contribution in [0.5, 0.6) is 5.75 Å². The van der Waals surface area contributed by atoms with E-state index in [0.717, 1.165) is 66.6 Å². The fourth-order valence-electron chi connectivity index (χ4n) is 6.19. The van der Waals surface area contributed by atoms with E-state index in [1.165, 1.54) is 12.8 Å². The Morgan fingerprint density at radius 1 is 1.00 bits per heavy atom. The van der Waals surface area contributed by atoms with E-state index in [0.29, 0.717) is 16.5 Å². The Labute approximate surface area is 263 Å². The van der Waals surface area contributed by atoms with Gasteiger partial charge in [0.05, 0.1) is 50.0 Å². The van der Waals surface area contributed by atoms with Crippen LogP contribution in [0, 0.1) is 13.8 Å². The summed E-state index contributed by atoms with van der Waals surface area (Å²) in [6, 6.07) is 21.6. The zero-order valence-corrected chi connectivity index (χ0v) is 26.8. The molecule has 2 aromatic heterocycles. The van der Waals surface area contributed by atoms with Gasteiger partial charge in [-0.25, -0.2) is 8.42 Å². The predicted molar refractivity (Wildman–Crippen MR) is 178 cm³/mol. The molecule has 0 unspecified atom stereocenters. The van der Waals surface area contributed by atoms with Crippen LogP contribution in [0.25, 0.3) is 5.69 Å². The Morgan fingerprint density at radius 3 is 2.36 bits per heavy atom. The number of aryl methyl sites for hydroxylation is 1. The fourth-order valence-corrected chi connectivity index (χ4v) is 7.10. The molecule has 2 saturated heterocycles. The first-order valence-electron chi connectivity index (χ1n) is 14.4. The molecule has 230 valence electrons. The molecule has 0 aliphatic carbocycles. The van der Waals surface area contributed by atoms with Gasteiger partial charge < -0.3 is 29.2 Å². The molecule has 44 heavy (non-hydrogen) atoms. The molecule has 0 amide bonds. The molecule has 10 nitrogen and oxygen atoms in total. The van der Waals surface area contributed by atoms with Crippen molar-refractivity contribution in [1.82, 2.24) is 14.9 Å². The molecule has 2 aromatic carbocycles. The van der Waals surface area contributed by atoms with Crippen molar-refractivity contribution in [3.8, 4) is 11.4 Å². The smallest absolute Gasteiger partial charge is 0.229 e. The van der Waals surface area contributed by atoms with Crippen molar-refractivity contribution < 1.29 is 17.9 Å². The zero-order chi connectivity index (χ0) is 31.0. The van der Waals surface area contributed by atoms with Crippen LogP contribution in [-0.2, 0) is 14.8 Å². The van der Waals surface area contributed by atoms with Crippen molar-refractivity contribution in [2.45, 2.75) is 25.9 Å². The van der Waals surface area contributed by atoms with Crippen molar-refractivity contribution >= 4 is 44.4 Å². The summed E-state index contributed by atoms with van der Waals surface area (Å²) in [5, 5.41) is 4.02. The minimum atomic E-state index is -3.55. The van der Waals surface area contributed by atoms with Gasteiger partial charge in [-0.1, -0.05) is 6.07 Å². The number of benzene rings is 2. The van der Waals surface area contributed by atoms with Crippen molar-refractivity contribution in [2.24, 2.45) is 0 Å². The second kappa shape index (κ2) is 12.1. The van der Waals surface area contributed by atoms with Crippen molar-refractivity contribution in [2.75, 3.05) is 54.2 Å². The van der Waals surface area contributed by atoms with Crippen LogP contribution in [0.4, 0.5) is 17.1 Å². The number of aromatic nitrogens is 2. The number of anilines is 3. The molecule has 0 saturated carbocycles. The summed E-state index contributed by atoms with van der Waals surface area (Å²) in [6.45, 7) is 7.49. The first-order valence-corrected chi connectivity index (χ1v) is 16.7. The summed E-state index contributed by atoms with van der Waals surface area (Å²) in [6.07, 6.45) is 2.89. The molecule has 0 radical (unpaired) electrons. The molecule has 2 fully saturated rings. The standard InChI is InChI=1S/C32H36N6O4S2/c1-21-19-26(22(2)37(21)24-10-8-23(9-11-24)36-15-17-42-18-16-36)31-30(27-7-5-6-14-33-27)34-32(43)38(31)25-12-13-29(41-3)28(20-25)35-44(4,39)40/h5-14,19-20,30-31,35H,15-18H2,1-4H3,(H,34,43)/t30-,31-/m1/s1. The average molecular weight is 633 g/mol. The van der Waals surface area contributed by atoms with Gasteiger partial charge in [0.25, 0.3) is 0 Å². The predicted octanol–water partition coefficient (Wildman–Crippen LogP) is 4.88. The monoisotopic (exact) mass is 632 g/mol. The quantitative estimate of drug-likeness (QED) is 0.263. The van der Waals surface area contributed by atoms with Crippen LogP contribution in [0.15, 0.2) is 72.9 Å². The first kappa shape index (κ1) is 29.9. The van der Waals surface area contributed by atoms with Gasteiger partial charge in [-0.15, -0.1) is 0 Å². The summed E-state index contributed by atoms with van der Waals surface area (Å²) in [7, 11) is -2.05. The first-order chi connectivity index (χ1) is 21.1. The Morgan fingerprint density at radius 2 is 1.70 bits per heavy atom. The van der Waals surface area contributed by atoms with Crippen LogP contribution < -0.4 is 24.6 Å². The van der Waals surface area contributed by atoms with E-state index >= 15 is 0 Å². The fraction of sp³-hybridized carbons (Fsp3) is 0.312. The van der Waals surface area contributed by atoms with Crippen LogP contribution in [0.1, 0.15) is 34.7 Å². The highest BCUT2D eigenvalue weighted by atomic mass is 32.2. The van der Waals surface area contributed by atoms with E-state index in [4.69, 9.17) is 21.7 Å². The van der Waals surface area contributed by atoms with Crippen molar-refractivity contribution in [1.29, 1.82) is 0 Å². The number of methoxy groups -OCH3 is 1. The minimum absolute atomic E-state index is 0.255. The maximum absolute atomic E-state index is 12.2. The number of rotatable bonds is 8. The highest BCUT2D eigenvalue weighted by Crippen LogP contribution is 2.45. The summed E-state index contributed by atoms with van der Waals surface area (Å²) in [5.41, 5.74) is 7.40. The molecule has 2 aliphatic rings. The Bertz CT molecular complexity index is 1770. The second-order valence-corrected chi connectivity index (χ2v) is 13.2. The SMILES string of the molecule is COc1ccc(N2C(=S)N[C@H](c3ccccn3)[C@H]2c2cc(C)n(-c3ccc(N4CCOCC4)cc3)c2C)cc1NS(C)(=O)=O. The topological polar surface area (TPSA) is 101 Å². The lowest BCUT2D eigenvalue weighted by Crippen LogP contribution is -2.36. The van der Waals surface area contributed by atoms with Gasteiger partial charge in [0.2, 0.25) is 10.0 Å². The maximum atomic E-state index is 12.2. The van der Waals surface area contributed by atoms with E-state index in [9.17, 15) is 8.42 Å². The van der Waals surface area contributed by atoms with Gasteiger partial charge in [0.1, 0.15) is 5.75 Å². The van der Waals surface area contributed by atoms with Gasteiger partial charge in [-0.3, -0.25) is 9.71 Å². The van der Waals surface area contributed by atoms with Crippen molar-refractivity contribution in [3.63, 3.8) is 0 Å². The summed E-state index contributed by atoms with van der Waals surface area (Å²) in [5.74, 6) is 0.411. The number of nitrogens with one attached hydrogen (secondary N) is 2. The van der Waals surface area contributed by atoms with Gasteiger partial charge in [-0.2, -0.15) is 0 Å². The highest BCUT2D eigenvalue weighted by molar-refractivity contribution is 7.92. The molecular weight excluding hydrogens is 597 g/mol. The van der Waals surface area contributed by atoms with E-state index in [1.807, 2.05) is 29.2 Å². The van der Waals surface area contributed by atoms with E-state index in [2.05, 4.69) is 68.7 Å². The molecule has 6 rings (SSSR count). The van der Waals surface area contributed by atoms with Crippen molar-refractivity contribution in [3.05, 3.63) is 95.6 Å². The number of morpholine rings is 1. The largest absolute Gasteiger partial charge is 0.495 e. The summed E-state index contributed by atoms with van der Waals surface area (Å²) in [4.78, 5) is 9.06. The lowest BCUT2D eigenvalue weighted by atomic mass is 9.96. The Balaban J connectivity index is 1.44. The van der Waals surface area contributed by atoms with E-state index in [-0.39, 0.29) is 12.1 Å².